The molecule has 0 unspecified atom stereocenters. The normalized spacial score (nSPS) is 10.7. The molecule has 0 aliphatic carbocycles. The summed E-state index contributed by atoms with van der Waals surface area (Å²) in [7, 11) is 3.50. The molecular formula is C22H30O2. The lowest BCUT2D eigenvalue weighted by Crippen LogP contribution is -1.95. The molecule has 0 aromatic heterocycles. The number of rotatable bonds is 9. The third kappa shape index (κ3) is 4.53. The molecule has 0 spiro atoms. The van der Waals surface area contributed by atoms with Crippen LogP contribution in [0.15, 0.2) is 36.4 Å². The Labute approximate surface area is 146 Å². The molecule has 0 N–H and O–H groups in total. The largest absolute Gasteiger partial charge is 0.496 e. The molecule has 0 saturated carbocycles. The van der Waals surface area contributed by atoms with Gasteiger partial charge in [0.25, 0.3) is 0 Å². The van der Waals surface area contributed by atoms with Crippen molar-refractivity contribution in [3.8, 4) is 22.6 Å². The molecule has 0 aliphatic rings. The van der Waals surface area contributed by atoms with Gasteiger partial charge < -0.3 is 9.47 Å². The molecule has 2 nitrogen and oxygen atoms in total. The lowest BCUT2D eigenvalue weighted by atomic mass is 9.96. The van der Waals surface area contributed by atoms with Crippen LogP contribution < -0.4 is 9.47 Å². The van der Waals surface area contributed by atoms with E-state index in [1.54, 1.807) is 14.2 Å². The number of hydrogen-bond acceptors (Lipinski definition) is 2. The Morgan fingerprint density at radius 1 is 0.667 bits per heavy atom. The fraction of sp³-hybridized carbons (Fsp3) is 0.455. The monoisotopic (exact) mass is 326 g/mol. The second-order valence-electron chi connectivity index (χ2n) is 6.26. The summed E-state index contributed by atoms with van der Waals surface area (Å²) in [6, 6.07) is 13.0. The smallest absolute Gasteiger partial charge is 0.122 e. The van der Waals surface area contributed by atoms with E-state index < -0.39 is 0 Å². The number of methoxy groups -OCH3 is 2. The molecule has 0 amide bonds. The lowest BCUT2D eigenvalue weighted by molar-refractivity contribution is 0.409. The number of unbranched alkanes of at least 4 members (excludes halogenated alkanes) is 2. The molecule has 0 fully saturated rings. The van der Waals surface area contributed by atoms with Gasteiger partial charge in [-0.05, 0) is 72.2 Å². The van der Waals surface area contributed by atoms with Crippen molar-refractivity contribution in [3.63, 3.8) is 0 Å². The topological polar surface area (TPSA) is 18.5 Å². The van der Waals surface area contributed by atoms with Gasteiger partial charge in [-0.3, -0.25) is 0 Å². The zero-order valence-electron chi connectivity index (χ0n) is 15.5. The number of benzene rings is 2. The van der Waals surface area contributed by atoms with Crippen molar-refractivity contribution in [2.75, 3.05) is 14.2 Å². The third-order valence-corrected chi connectivity index (χ3v) is 4.49. The van der Waals surface area contributed by atoms with Crippen LogP contribution in [0, 0.1) is 0 Å². The van der Waals surface area contributed by atoms with Crippen LogP contribution in [0.4, 0.5) is 0 Å². The minimum atomic E-state index is 0.993. The first-order valence-corrected chi connectivity index (χ1v) is 9.07. The van der Waals surface area contributed by atoms with Gasteiger partial charge in [0.15, 0.2) is 0 Å². The van der Waals surface area contributed by atoms with E-state index in [2.05, 4.69) is 50.2 Å². The van der Waals surface area contributed by atoms with E-state index in [1.165, 1.54) is 47.9 Å². The van der Waals surface area contributed by atoms with Gasteiger partial charge in [-0.1, -0.05) is 38.8 Å². The highest BCUT2D eigenvalue weighted by Gasteiger charge is 2.09. The Morgan fingerprint density at radius 3 is 1.42 bits per heavy atom. The molecule has 0 heterocycles. The van der Waals surface area contributed by atoms with Gasteiger partial charge in [0.2, 0.25) is 0 Å². The molecule has 0 aliphatic heterocycles. The highest BCUT2D eigenvalue weighted by molar-refractivity contribution is 5.67. The van der Waals surface area contributed by atoms with Crippen LogP contribution in [0.3, 0.4) is 0 Å². The van der Waals surface area contributed by atoms with E-state index in [1.807, 2.05) is 0 Å². The second-order valence-corrected chi connectivity index (χ2v) is 6.26. The Morgan fingerprint density at radius 2 is 1.08 bits per heavy atom. The molecule has 2 aromatic carbocycles. The van der Waals surface area contributed by atoms with Gasteiger partial charge in [0, 0.05) is 0 Å². The van der Waals surface area contributed by atoms with Gasteiger partial charge in [-0.25, -0.2) is 0 Å². The molecule has 24 heavy (non-hydrogen) atoms. The van der Waals surface area contributed by atoms with Gasteiger partial charge in [-0.2, -0.15) is 0 Å². The predicted molar refractivity (Wildman–Crippen MR) is 102 cm³/mol. The van der Waals surface area contributed by atoms with Crippen molar-refractivity contribution in [1.82, 2.24) is 0 Å². The lowest BCUT2D eigenvalue weighted by Gasteiger charge is -2.13. The summed E-state index contributed by atoms with van der Waals surface area (Å²) in [5.41, 5.74) is 5.09. The number of aryl methyl sites for hydroxylation is 2. The van der Waals surface area contributed by atoms with Crippen LogP contribution >= 0.6 is 0 Å². The predicted octanol–water partition coefficient (Wildman–Crippen LogP) is 6.06. The summed E-state index contributed by atoms with van der Waals surface area (Å²) in [4.78, 5) is 0. The minimum absolute atomic E-state index is 0.993. The quantitative estimate of drug-likeness (QED) is 0.558. The highest BCUT2D eigenvalue weighted by Crippen LogP contribution is 2.31. The molecule has 0 bridgehead atoms. The van der Waals surface area contributed by atoms with Gasteiger partial charge >= 0.3 is 0 Å². The average molecular weight is 326 g/mol. The highest BCUT2D eigenvalue weighted by atomic mass is 16.5. The van der Waals surface area contributed by atoms with Crippen LogP contribution in [-0.2, 0) is 12.8 Å². The molecule has 0 atom stereocenters. The van der Waals surface area contributed by atoms with Gasteiger partial charge in [0.1, 0.15) is 11.5 Å². The van der Waals surface area contributed by atoms with E-state index in [9.17, 15) is 0 Å². The molecular weight excluding hydrogens is 296 g/mol. The number of ether oxygens (including phenoxy) is 2. The molecule has 2 heteroatoms. The molecule has 2 rings (SSSR count). The maximum Gasteiger partial charge on any atom is 0.122 e. The maximum absolute atomic E-state index is 5.53. The first-order valence-electron chi connectivity index (χ1n) is 9.07. The molecule has 2 aromatic rings. The van der Waals surface area contributed by atoms with Crippen LogP contribution in [0.5, 0.6) is 11.5 Å². The first-order chi connectivity index (χ1) is 11.7. The molecule has 0 saturated heterocycles. The van der Waals surface area contributed by atoms with E-state index in [4.69, 9.17) is 9.47 Å². The van der Waals surface area contributed by atoms with Crippen LogP contribution in [-0.4, -0.2) is 14.2 Å². The van der Waals surface area contributed by atoms with Crippen LogP contribution in [0.25, 0.3) is 11.1 Å². The maximum atomic E-state index is 5.53. The van der Waals surface area contributed by atoms with Crippen molar-refractivity contribution in [1.29, 1.82) is 0 Å². The molecule has 130 valence electrons. The van der Waals surface area contributed by atoms with E-state index in [0.29, 0.717) is 0 Å². The standard InChI is InChI=1S/C22H30O2/c1-5-7-9-19-15-17(11-13-21(19)23-3)18-12-14-22(24-4)20(16-18)10-8-6-2/h11-16H,5-10H2,1-4H3. The van der Waals surface area contributed by atoms with Crippen LogP contribution in [0.1, 0.15) is 50.7 Å². The van der Waals surface area contributed by atoms with E-state index in [-0.39, 0.29) is 0 Å². The fourth-order valence-electron chi connectivity index (χ4n) is 3.04. The fourth-order valence-corrected chi connectivity index (χ4v) is 3.04. The van der Waals surface area contributed by atoms with Crippen molar-refractivity contribution < 1.29 is 9.47 Å². The Hall–Kier alpha value is -1.96. The summed E-state index contributed by atoms with van der Waals surface area (Å²) in [5, 5.41) is 0. The Kier molecular flexibility index (Phi) is 7.17. The summed E-state index contributed by atoms with van der Waals surface area (Å²) in [6.07, 6.45) is 6.88. The van der Waals surface area contributed by atoms with Crippen molar-refractivity contribution in [2.24, 2.45) is 0 Å². The van der Waals surface area contributed by atoms with Gasteiger partial charge in [0.05, 0.1) is 14.2 Å². The Bertz CT molecular complexity index is 589. The van der Waals surface area contributed by atoms with Crippen molar-refractivity contribution in [3.05, 3.63) is 47.5 Å². The first kappa shape index (κ1) is 18.4. The zero-order valence-corrected chi connectivity index (χ0v) is 15.5. The van der Waals surface area contributed by atoms with Crippen LogP contribution in [0.2, 0.25) is 0 Å². The summed E-state index contributed by atoms with van der Waals surface area (Å²) < 4.78 is 11.1. The third-order valence-electron chi connectivity index (χ3n) is 4.49. The summed E-state index contributed by atoms with van der Waals surface area (Å²) in [6.45, 7) is 4.44. The Balaban J connectivity index is 2.36. The minimum Gasteiger partial charge on any atom is -0.496 e. The van der Waals surface area contributed by atoms with Gasteiger partial charge in [-0.15, -0.1) is 0 Å². The molecule has 0 radical (unpaired) electrons. The SMILES string of the molecule is CCCCc1cc(-c2ccc(OC)c(CCCC)c2)ccc1OC. The zero-order chi connectivity index (χ0) is 17.4. The van der Waals surface area contributed by atoms with E-state index in [0.717, 1.165) is 24.3 Å². The van der Waals surface area contributed by atoms with Crippen molar-refractivity contribution >= 4 is 0 Å². The average Bonchev–Trinajstić information content (AvgIpc) is 2.64. The second kappa shape index (κ2) is 9.36. The summed E-state index contributed by atoms with van der Waals surface area (Å²) >= 11 is 0. The summed E-state index contributed by atoms with van der Waals surface area (Å²) in [5.74, 6) is 1.99. The van der Waals surface area contributed by atoms with Crippen molar-refractivity contribution in [2.45, 2.75) is 52.4 Å². The van der Waals surface area contributed by atoms with E-state index >= 15 is 0 Å². The number of hydrogen-bond donors (Lipinski definition) is 0.